The highest BCUT2D eigenvalue weighted by molar-refractivity contribution is 7.99. The second kappa shape index (κ2) is 44.6. The third-order valence-corrected chi connectivity index (χ3v) is 18.9. The molecule has 0 aromatic heterocycles. The molecule has 4 rings (SSSR count). The largest absolute Gasteiger partial charge is 0.493 e. The van der Waals surface area contributed by atoms with E-state index in [-0.39, 0.29) is 72.5 Å². The maximum Gasteiger partial charge on any atom is 0.493 e. The van der Waals surface area contributed by atoms with Gasteiger partial charge in [-0.1, -0.05) is 13.8 Å². The average Bonchev–Trinajstić information content (AvgIpc) is 3.72. The standard InChI is InChI=1S/C9H20O5Si.2C8H18O5Si.C8H18O4SSi.C8H20O3Si.C5H12O4Si/c1-8(7-15(10,11)12)6-14-9-4-2-3-5-13-9;1-7(6-14(9,10)11)5-13-8-3-2-4-12-8;9-14(10,11)7-3-6-13-8-4-1-2-5-12-8;9-14(10,11)7-3-5-12-8-4-1-2-6-13-8;1-8(2,3)11-6-5-7-12(4,9)10;1-10(7,8)4-2-3-9-5-6/h8-12H,2-7H2,1H3;7-11H,2-6H2,1H3;2*8-11H,1-7H2;9-10H,5-7H2,1-4H3;5,7-8H,2-4H2,1H3/i10T,11T,12T;3*9T,10T,11T;9T,10T;7T,8T. The predicted molar refractivity (Wildman–Crippen MR) is 305 cm³/mol. The molecule has 0 radical (unpaired) electrons. The molecule has 4 aliphatic rings. The molecular formula is C46H106O26SSi6. The molecule has 6 unspecified atom stereocenters. The van der Waals surface area contributed by atoms with E-state index >= 15 is 0 Å². The van der Waals surface area contributed by atoms with Crippen LogP contribution in [0.1, 0.15) is 131 Å². The smallest absolute Gasteiger partial charge is 0.468 e. The number of thioether (sulfide) groups is 1. The quantitative estimate of drug-likeness (QED) is 0.0230. The van der Waals surface area contributed by atoms with Crippen molar-refractivity contribution in [2.24, 2.45) is 11.8 Å². The Hall–Kier alpha value is 0.161. The lowest BCUT2D eigenvalue weighted by atomic mass is 10.2. The van der Waals surface area contributed by atoms with Gasteiger partial charge in [-0.25, -0.2) is 0 Å². The molecule has 0 aromatic carbocycles. The fourth-order valence-electron chi connectivity index (χ4n) is 7.03. The van der Waals surface area contributed by atoms with Crippen molar-refractivity contribution in [1.29, 1.82) is 22.9 Å². The van der Waals surface area contributed by atoms with E-state index in [1.54, 1.807) is 13.1 Å². The summed E-state index contributed by atoms with van der Waals surface area (Å²) in [5.41, 5.74) is 0.118. The van der Waals surface area contributed by atoms with Crippen LogP contribution in [0.25, 0.3) is 0 Å². The molecule has 79 heavy (non-hydrogen) atoms. The van der Waals surface area contributed by atoms with E-state index in [9.17, 15) is 4.79 Å². The summed E-state index contributed by atoms with van der Waals surface area (Å²) >= 11 is 1.82. The number of carbonyl (C=O) groups is 1. The van der Waals surface area contributed by atoms with Crippen LogP contribution < -0.4 is 0 Å². The van der Waals surface area contributed by atoms with Crippen LogP contribution in [0.3, 0.4) is 0 Å². The molecule has 4 aliphatic heterocycles. The Bertz CT molecular complexity index is 1680. The highest BCUT2D eigenvalue weighted by Crippen LogP contribution is 2.26. The van der Waals surface area contributed by atoms with Gasteiger partial charge < -0.3 is 119 Å². The third kappa shape index (κ3) is 65.6. The van der Waals surface area contributed by atoms with Crippen molar-refractivity contribution in [2.75, 3.05) is 65.2 Å². The number of ether oxygens (including phenoxy) is 9. The Balaban J connectivity index is 0. The zero-order valence-electron chi connectivity index (χ0n) is 63.5. The van der Waals surface area contributed by atoms with Crippen LogP contribution in [0.4, 0.5) is 0 Å². The van der Waals surface area contributed by atoms with Gasteiger partial charge in [0.05, 0.1) is 25.4 Å². The lowest BCUT2D eigenvalue weighted by molar-refractivity contribution is -0.167. The van der Waals surface area contributed by atoms with Crippen LogP contribution in [0.15, 0.2) is 0 Å². The van der Waals surface area contributed by atoms with Gasteiger partial charge in [0.25, 0.3) is 6.47 Å². The van der Waals surface area contributed by atoms with Crippen molar-refractivity contribution in [3.05, 3.63) is 0 Å². The first kappa shape index (κ1) is 55.7. The molecule has 4 heterocycles. The summed E-state index contributed by atoms with van der Waals surface area (Å²) in [4.78, 5) is 78.2. The van der Waals surface area contributed by atoms with Gasteiger partial charge in [-0.3, -0.25) is 4.79 Å². The van der Waals surface area contributed by atoms with Crippen LogP contribution in [-0.4, -0.2) is 254 Å². The molecule has 0 amide bonds. The van der Waals surface area contributed by atoms with Gasteiger partial charge in [0.15, 0.2) is 41.8 Å². The van der Waals surface area contributed by atoms with Crippen molar-refractivity contribution >= 4 is 70.6 Å². The minimum Gasteiger partial charge on any atom is -0.468 e. The summed E-state index contributed by atoms with van der Waals surface area (Å²) < 4.78 is 157. The highest BCUT2D eigenvalue weighted by Gasteiger charge is 2.32. The molecule has 0 aromatic rings. The van der Waals surface area contributed by atoms with Crippen molar-refractivity contribution in [2.45, 2.75) is 210 Å². The zero-order chi connectivity index (χ0) is 72.0. The van der Waals surface area contributed by atoms with Gasteiger partial charge >= 0.3 is 52.3 Å². The van der Waals surface area contributed by atoms with E-state index in [0.29, 0.717) is 70.9 Å². The normalized spacial score (nSPS) is 23.8. The van der Waals surface area contributed by atoms with Crippen molar-refractivity contribution < 1.29 is 124 Å². The zero-order valence-corrected chi connectivity index (χ0v) is 54.3. The minimum atomic E-state index is -3.49. The Morgan fingerprint density at radius 1 is 0.519 bits per heavy atom. The fraction of sp³-hybridized carbons (Fsp3) is 0.978. The number of hydrogen-bond donors (Lipinski definition) is 16. The second-order valence-corrected chi connectivity index (χ2v) is 35.3. The molecule has 33 heteroatoms. The molecular weight excluding hydrogens is 1170 g/mol. The van der Waals surface area contributed by atoms with Crippen LogP contribution in [-0.2, 0) is 47.4 Å². The van der Waals surface area contributed by atoms with Gasteiger partial charge in [0.2, 0.25) is 0 Å². The Morgan fingerprint density at radius 2 is 0.937 bits per heavy atom. The lowest BCUT2D eigenvalue weighted by Gasteiger charge is -2.24. The molecule has 0 bridgehead atoms. The summed E-state index contributed by atoms with van der Waals surface area (Å²) in [6.07, 6.45) is 13.4. The molecule has 0 saturated carbocycles. The van der Waals surface area contributed by atoms with Crippen LogP contribution in [0.2, 0.25) is 49.4 Å². The summed E-state index contributed by atoms with van der Waals surface area (Å²) in [5.74, 6) is 1.07. The Morgan fingerprint density at radius 3 is 1.32 bits per heavy atom. The van der Waals surface area contributed by atoms with Gasteiger partial charge in [-0.15, -0.1) is 11.8 Å². The van der Waals surface area contributed by atoms with Gasteiger partial charge in [0, 0.05) is 70.2 Å². The lowest BCUT2D eigenvalue weighted by Crippen LogP contribution is -2.37. The van der Waals surface area contributed by atoms with E-state index in [2.05, 4.69) is 81.5 Å². The van der Waals surface area contributed by atoms with Crippen LogP contribution >= 0.6 is 11.8 Å². The molecule has 0 aliphatic carbocycles. The van der Waals surface area contributed by atoms with Gasteiger partial charge in [-0.05, 0) is 153 Å². The first-order chi connectivity index (χ1) is 45.3. The number of rotatable bonds is 45. The first-order valence-electron chi connectivity index (χ1n) is 33.8. The van der Waals surface area contributed by atoms with E-state index in [0.717, 1.165) is 89.8 Å². The molecule has 0 spiro atoms. The SMILES string of the molecule is [3H]O[Si](C)(CCCOC(C)(C)C)O[3H].[3H]O[Si](C)(CCCOC=O)O[3H].[3H]O[Si](CC(C)COC1CCCCO1)(O[3H])O[3H].[3H]O[Si](CC(C)COC1CCCO1)(O[3H])O[3H].[3H]O[Si](CCCOC1CCCCO1)(O[3H])O[3H].[3H]O[Si](CCCOC1CCCCS1)(O[3H])O[3H]. The molecule has 476 valence electrons. The highest BCUT2D eigenvalue weighted by atomic mass is 32.2. The van der Waals surface area contributed by atoms with Gasteiger partial charge in [-0.2, -0.15) is 0 Å². The third-order valence-electron chi connectivity index (χ3n) is 10.8. The maximum absolute atomic E-state index is 9.72. The molecule has 26 nitrogen and oxygen atoms in total. The van der Waals surface area contributed by atoms with E-state index in [1.165, 1.54) is 12.8 Å². The number of hydrogen-bond acceptors (Lipinski definition) is 27. The van der Waals surface area contributed by atoms with E-state index < -0.39 is 52.3 Å². The molecule has 4 fully saturated rings. The number of carbonyl (C=O) groups excluding carboxylic acids is 1. The summed E-state index contributed by atoms with van der Waals surface area (Å²) in [7, 11) is -18.9. The van der Waals surface area contributed by atoms with Crippen molar-refractivity contribution in [3.63, 3.8) is 0 Å². The average molecular weight is 1310 g/mol. The summed E-state index contributed by atoms with van der Waals surface area (Å²) in [5, 5.41) is 0. The van der Waals surface area contributed by atoms with Crippen LogP contribution in [0.5, 0.6) is 0 Å². The second-order valence-electron chi connectivity index (χ2n) is 21.2. The maximum atomic E-state index is 9.72. The summed E-state index contributed by atoms with van der Waals surface area (Å²) in [6, 6.07) is 1.91. The van der Waals surface area contributed by atoms with Crippen LogP contribution in [0, 0.1) is 11.8 Å². The fourth-order valence-corrected chi connectivity index (χ4v) is 12.9. The van der Waals surface area contributed by atoms with Gasteiger partial charge in [0.1, 0.15) is 5.44 Å². The van der Waals surface area contributed by atoms with E-state index in [4.69, 9.17) is 60.8 Å². The minimum absolute atomic E-state index is 0.0353. The predicted octanol–water partition coefficient (Wildman–Crippen LogP) is 1.01. The molecule has 4 saturated heterocycles. The van der Waals surface area contributed by atoms with Crippen molar-refractivity contribution in [1.82, 2.24) is 0 Å². The Kier molecular flexibility index (Phi) is 31.4. The topological polar surface area (TPSA) is 424 Å². The molecule has 16 N–H and O–H groups in total. The monoisotopic (exact) mass is 1310 g/mol. The summed E-state index contributed by atoms with van der Waals surface area (Å²) in [6.45, 7) is 18.1. The first-order valence-corrected chi connectivity index (χ1v) is 41.1. The molecule has 6 atom stereocenters. The van der Waals surface area contributed by atoms with Crippen molar-refractivity contribution in [3.8, 4) is 0 Å². The Labute approximate surface area is 503 Å². The van der Waals surface area contributed by atoms with E-state index in [1.807, 2.05) is 46.4 Å².